The molecule has 0 spiro atoms. The monoisotopic (exact) mass is 312 g/mol. The molecule has 0 heterocycles. The highest BCUT2D eigenvalue weighted by Crippen LogP contribution is 2.14. The van der Waals surface area contributed by atoms with Crippen LogP contribution in [0.5, 0.6) is 0 Å². The van der Waals surface area contributed by atoms with Crippen molar-refractivity contribution in [3.05, 3.63) is 0 Å². The predicted molar refractivity (Wildman–Crippen MR) is 96.2 cm³/mol. The van der Waals surface area contributed by atoms with E-state index in [0.717, 1.165) is 19.1 Å². The zero-order chi connectivity index (χ0) is 16.3. The van der Waals surface area contributed by atoms with Crippen molar-refractivity contribution in [2.45, 2.75) is 122 Å². The summed E-state index contributed by atoms with van der Waals surface area (Å²) in [5.41, 5.74) is 0. The molecule has 0 saturated carbocycles. The summed E-state index contributed by atoms with van der Waals surface area (Å²) < 4.78 is 0. The third kappa shape index (κ3) is 17.7. The van der Waals surface area contributed by atoms with E-state index in [1.54, 1.807) is 0 Å². The van der Waals surface area contributed by atoms with E-state index < -0.39 is 6.10 Å². The van der Waals surface area contributed by atoms with Gasteiger partial charge in [0, 0.05) is 6.42 Å². The molecule has 0 bridgehead atoms. The molecule has 2 nitrogen and oxygen atoms in total. The van der Waals surface area contributed by atoms with Crippen LogP contribution < -0.4 is 0 Å². The molecule has 0 aromatic rings. The molecular formula is C20H40O2. The average molecular weight is 313 g/mol. The first-order valence-electron chi connectivity index (χ1n) is 9.93. The summed E-state index contributed by atoms with van der Waals surface area (Å²) in [6.45, 7) is 2.27. The molecular weight excluding hydrogens is 272 g/mol. The van der Waals surface area contributed by atoms with Crippen molar-refractivity contribution in [3.8, 4) is 0 Å². The van der Waals surface area contributed by atoms with Crippen molar-refractivity contribution in [1.29, 1.82) is 0 Å². The Morgan fingerprint density at radius 3 is 1.41 bits per heavy atom. The number of aliphatic hydroxyl groups excluding tert-OH is 1. The van der Waals surface area contributed by atoms with Gasteiger partial charge >= 0.3 is 0 Å². The third-order valence-corrected chi connectivity index (χ3v) is 4.51. The zero-order valence-electron chi connectivity index (χ0n) is 15.0. The Kier molecular flexibility index (Phi) is 18.4. The van der Waals surface area contributed by atoms with Crippen LogP contribution in [-0.2, 0) is 4.79 Å². The van der Waals surface area contributed by atoms with Gasteiger partial charge in [-0.15, -0.1) is 0 Å². The van der Waals surface area contributed by atoms with Gasteiger partial charge in [0.25, 0.3) is 0 Å². The second-order valence-electron chi connectivity index (χ2n) is 6.79. The summed E-state index contributed by atoms with van der Waals surface area (Å²) in [5, 5.41) is 9.42. The summed E-state index contributed by atoms with van der Waals surface area (Å²) in [5.74, 6) is 0. The molecule has 0 aromatic heterocycles. The van der Waals surface area contributed by atoms with Gasteiger partial charge < -0.3 is 9.90 Å². The normalized spacial score (nSPS) is 12.5. The number of carbonyl (C=O) groups excluding carboxylic acids is 1. The fourth-order valence-electron chi connectivity index (χ4n) is 2.98. The Morgan fingerprint density at radius 1 is 0.682 bits per heavy atom. The third-order valence-electron chi connectivity index (χ3n) is 4.51. The molecule has 0 radical (unpaired) electrons. The van der Waals surface area contributed by atoms with Crippen LogP contribution in [0.4, 0.5) is 0 Å². The molecule has 1 N–H and O–H groups in total. The molecule has 0 aliphatic carbocycles. The van der Waals surface area contributed by atoms with Gasteiger partial charge in [-0.3, -0.25) is 0 Å². The van der Waals surface area contributed by atoms with Gasteiger partial charge in [-0.1, -0.05) is 103 Å². The minimum atomic E-state index is -0.403. The highest BCUT2D eigenvalue weighted by Gasteiger charge is 2.02. The van der Waals surface area contributed by atoms with Crippen molar-refractivity contribution >= 4 is 6.29 Å². The van der Waals surface area contributed by atoms with Gasteiger partial charge in [0.15, 0.2) is 0 Å². The van der Waals surface area contributed by atoms with Crippen molar-refractivity contribution < 1.29 is 9.90 Å². The second-order valence-corrected chi connectivity index (χ2v) is 6.79. The highest BCUT2D eigenvalue weighted by atomic mass is 16.3. The lowest BCUT2D eigenvalue weighted by Gasteiger charge is -2.06. The van der Waals surface area contributed by atoms with Crippen LogP contribution in [0.15, 0.2) is 0 Å². The minimum Gasteiger partial charge on any atom is -0.393 e. The molecule has 0 saturated heterocycles. The summed E-state index contributed by atoms with van der Waals surface area (Å²) in [6, 6.07) is 0. The Bertz CT molecular complexity index is 216. The van der Waals surface area contributed by atoms with Gasteiger partial charge in [0.2, 0.25) is 0 Å². The van der Waals surface area contributed by atoms with E-state index in [2.05, 4.69) is 6.92 Å². The fraction of sp³-hybridized carbons (Fsp3) is 0.950. The first kappa shape index (κ1) is 21.6. The summed E-state index contributed by atoms with van der Waals surface area (Å²) in [4.78, 5) is 10.2. The molecule has 0 aromatic carbocycles. The fourth-order valence-corrected chi connectivity index (χ4v) is 2.98. The van der Waals surface area contributed by atoms with E-state index in [-0.39, 0.29) is 0 Å². The van der Waals surface area contributed by atoms with Crippen LogP contribution in [0.25, 0.3) is 0 Å². The van der Waals surface area contributed by atoms with Crippen molar-refractivity contribution in [3.63, 3.8) is 0 Å². The van der Waals surface area contributed by atoms with Crippen LogP contribution in [0, 0.1) is 0 Å². The molecule has 2 heteroatoms. The van der Waals surface area contributed by atoms with Gasteiger partial charge in [-0.05, 0) is 6.42 Å². The maximum Gasteiger partial charge on any atom is 0.122 e. The van der Waals surface area contributed by atoms with Crippen LogP contribution >= 0.6 is 0 Å². The first-order chi connectivity index (χ1) is 10.8. The molecule has 22 heavy (non-hydrogen) atoms. The number of aldehydes is 1. The quantitative estimate of drug-likeness (QED) is 0.242. The van der Waals surface area contributed by atoms with Crippen molar-refractivity contribution in [2.24, 2.45) is 0 Å². The van der Waals surface area contributed by atoms with Crippen LogP contribution in [-0.4, -0.2) is 17.5 Å². The van der Waals surface area contributed by atoms with E-state index in [1.807, 2.05) is 0 Å². The number of rotatable bonds is 18. The molecule has 132 valence electrons. The largest absolute Gasteiger partial charge is 0.393 e. The first-order valence-corrected chi connectivity index (χ1v) is 9.93. The number of carbonyl (C=O) groups is 1. The Labute approximate surface area is 139 Å². The molecule has 0 aliphatic heterocycles. The lowest BCUT2D eigenvalue weighted by atomic mass is 10.0. The molecule has 0 fully saturated rings. The average Bonchev–Trinajstić information content (AvgIpc) is 2.51. The van der Waals surface area contributed by atoms with Crippen molar-refractivity contribution in [2.75, 3.05) is 0 Å². The van der Waals surface area contributed by atoms with Gasteiger partial charge in [-0.25, -0.2) is 0 Å². The van der Waals surface area contributed by atoms with E-state index >= 15 is 0 Å². The Hall–Kier alpha value is -0.370. The number of unbranched alkanes of at least 4 members (excludes halogenated alkanes) is 14. The topological polar surface area (TPSA) is 37.3 Å². The van der Waals surface area contributed by atoms with E-state index in [9.17, 15) is 9.90 Å². The maximum absolute atomic E-state index is 10.2. The number of hydrogen-bond donors (Lipinski definition) is 1. The van der Waals surface area contributed by atoms with E-state index in [0.29, 0.717) is 6.42 Å². The number of aliphatic hydroxyl groups is 1. The lowest BCUT2D eigenvalue weighted by Crippen LogP contribution is -2.06. The summed E-state index contributed by atoms with van der Waals surface area (Å²) >= 11 is 0. The molecule has 0 aliphatic rings. The molecule has 0 amide bonds. The smallest absolute Gasteiger partial charge is 0.122 e. The van der Waals surface area contributed by atoms with Crippen LogP contribution in [0.3, 0.4) is 0 Å². The van der Waals surface area contributed by atoms with Gasteiger partial charge in [0.05, 0.1) is 6.10 Å². The summed E-state index contributed by atoms with van der Waals surface area (Å²) in [6.07, 6.45) is 21.9. The lowest BCUT2D eigenvalue weighted by molar-refractivity contribution is -0.109. The van der Waals surface area contributed by atoms with Crippen LogP contribution in [0.2, 0.25) is 0 Å². The van der Waals surface area contributed by atoms with Gasteiger partial charge in [-0.2, -0.15) is 0 Å². The minimum absolute atomic E-state index is 0.304. The summed E-state index contributed by atoms with van der Waals surface area (Å²) in [7, 11) is 0. The van der Waals surface area contributed by atoms with E-state index in [1.165, 1.54) is 89.9 Å². The molecule has 1 atom stereocenters. The molecule has 1 unspecified atom stereocenters. The SMILES string of the molecule is CCCCCCCCCCCCCCCCCC(O)CC=O. The Morgan fingerprint density at radius 2 is 1.05 bits per heavy atom. The Balaban J connectivity index is 3.01. The molecule has 0 rings (SSSR count). The standard InChI is InChI=1S/C20H40O2/c1-2-3-4-5-6-7-8-9-10-11-12-13-14-15-16-17-20(22)18-19-21/h19-20,22H,2-18H2,1H3. The van der Waals surface area contributed by atoms with Gasteiger partial charge in [0.1, 0.15) is 6.29 Å². The maximum atomic E-state index is 10.2. The number of hydrogen-bond acceptors (Lipinski definition) is 2. The highest BCUT2D eigenvalue weighted by molar-refractivity contribution is 5.49. The van der Waals surface area contributed by atoms with E-state index in [4.69, 9.17) is 0 Å². The van der Waals surface area contributed by atoms with Crippen LogP contribution in [0.1, 0.15) is 116 Å². The van der Waals surface area contributed by atoms with Crippen molar-refractivity contribution in [1.82, 2.24) is 0 Å². The second kappa shape index (κ2) is 18.7. The zero-order valence-corrected chi connectivity index (χ0v) is 15.0. The predicted octanol–water partition coefficient (Wildman–Crippen LogP) is 6.20.